The highest BCUT2D eigenvalue weighted by Crippen LogP contribution is 2.19. The molecule has 1 aliphatic rings. The molecule has 18 heavy (non-hydrogen) atoms. The summed E-state index contributed by atoms with van der Waals surface area (Å²) in [7, 11) is 0. The van der Waals surface area contributed by atoms with Crippen LogP contribution in [0.15, 0.2) is 29.4 Å². The lowest BCUT2D eigenvalue weighted by atomic mass is 10.1. The van der Waals surface area contributed by atoms with Crippen molar-refractivity contribution in [2.24, 2.45) is 5.16 Å². The molecule has 1 unspecified atom stereocenters. The van der Waals surface area contributed by atoms with Crippen LogP contribution in [0.2, 0.25) is 5.02 Å². The molecular formula is C12H12ClNO4. The van der Waals surface area contributed by atoms with Crippen LogP contribution in [0.3, 0.4) is 0 Å². The van der Waals surface area contributed by atoms with E-state index < -0.39 is 5.97 Å². The Morgan fingerprint density at radius 3 is 3.06 bits per heavy atom. The second-order valence-corrected chi connectivity index (χ2v) is 4.31. The lowest BCUT2D eigenvalue weighted by Gasteiger charge is -2.19. The summed E-state index contributed by atoms with van der Waals surface area (Å²) < 4.78 is 5.50. The number of rotatable bonds is 4. The number of nitrogens with zero attached hydrogens (tertiary/aromatic N) is 1. The van der Waals surface area contributed by atoms with E-state index in [9.17, 15) is 4.79 Å². The molecule has 1 atom stereocenters. The van der Waals surface area contributed by atoms with Crippen LogP contribution in [0.4, 0.5) is 0 Å². The van der Waals surface area contributed by atoms with Crippen LogP contribution in [-0.4, -0.2) is 29.5 Å². The van der Waals surface area contributed by atoms with Crippen LogP contribution in [-0.2, 0) is 9.63 Å². The van der Waals surface area contributed by atoms with E-state index in [0.717, 1.165) is 0 Å². The molecule has 0 saturated carbocycles. The standard InChI is InChI=1S/C12H12ClNO4/c13-8-2-1-3-9(6-8)17-7-10-4-5-11(12(15)16)14-18-10/h1-3,6,10H,4-5,7H2,(H,15,16). The van der Waals surface area contributed by atoms with Crippen molar-refractivity contribution in [2.45, 2.75) is 18.9 Å². The zero-order valence-corrected chi connectivity index (χ0v) is 10.3. The first-order chi connectivity index (χ1) is 8.65. The topological polar surface area (TPSA) is 68.1 Å². The molecule has 1 aromatic carbocycles. The number of carbonyl (C=O) groups is 1. The van der Waals surface area contributed by atoms with Gasteiger partial charge < -0.3 is 14.7 Å². The van der Waals surface area contributed by atoms with Gasteiger partial charge in [0.25, 0.3) is 0 Å². The monoisotopic (exact) mass is 269 g/mol. The van der Waals surface area contributed by atoms with Crippen molar-refractivity contribution in [1.29, 1.82) is 0 Å². The average Bonchev–Trinajstić information content (AvgIpc) is 2.37. The Bertz CT molecular complexity index is 475. The second-order valence-electron chi connectivity index (χ2n) is 3.88. The summed E-state index contributed by atoms with van der Waals surface area (Å²) in [6, 6.07) is 7.05. The number of hydrogen-bond acceptors (Lipinski definition) is 4. The van der Waals surface area contributed by atoms with Gasteiger partial charge in [0.2, 0.25) is 0 Å². The summed E-state index contributed by atoms with van der Waals surface area (Å²) >= 11 is 5.82. The molecule has 6 heteroatoms. The molecular weight excluding hydrogens is 258 g/mol. The van der Waals surface area contributed by atoms with E-state index >= 15 is 0 Å². The molecule has 0 radical (unpaired) electrons. The quantitative estimate of drug-likeness (QED) is 0.911. The Morgan fingerprint density at radius 2 is 2.44 bits per heavy atom. The third-order valence-electron chi connectivity index (χ3n) is 2.49. The van der Waals surface area contributed by atoms with Gasteiger partial charge in [-0.25, -0.2) is 4.79 Å². The van der Waals surface area contributed by atoms with E-state index in [1.165, 1.54) is 0 Å². The summed E-state index contributed by atoms with van der Waals surface area (Å²) in [4.78, 5) is 15.7. The smallest absolute Gasteiger partial charge is 0.353 e. The third-order valence-corrected chi connectivity index (χ3v) is 2.73. The zero-order chi connectivity index (χ0) is 13.0. The molecule has 0 spiro atoms. The molecule has 0 fully saturated rings. The molecule has 0 saturated heterocycles. The molecule has 5 nitrogen and oxygen atoms in total. The Hall–Kier alpha value is -1.75. The summed E-state index contributed by atoms with van der Waals surface area (Å²) in [6.45, 7) is 0.316. The van der Waals surface area contributed by atoms with Crippen molar-refractivity contribution in [3.05, 3.63) is 29.3 Å². The lowest BCUT2D eigenvalue weighted by Crippen LogP contribution is -2.28. The number of hydrogen-bond donors (Lipinski definition) is 1. The molecule has 0 bridgehead atoms. The summed E-state index contributed by atoms with van der Waals surface area (Å²) in [5.74, 6) is -0.386. The lowest BCUT2D eigenvalue weighted by molar-refractivity contribution is -0.130. The largest absolute Gasteiger partial charge is 0.490 e. The zero-order valence-electron chi connectivity index (χ0n) is 9.51. The summed E-state index contributed by atoms with van der Waals surface area (Å²) in [5, 5.41) is 12.9. The van der Waals surface area contributed by atoms with Gasteiger partial charge in [-0.2, -0.15) is 0 Å². The van der Waals surface area contributed by atoms with Gasteiger partial charge in [0.05, 0.1) is 0 Å². The fraction of sp³-hybridized carbons (Fsp3) is 0.333. The molecule has 1 N–H and O–H groups in total. The Balaban J connectivity index is 1.84. The molecule has 1 aromatic rings. The Labute approximate surface area is 109 Å². The van der Waals surface area contributed by atoms with Crippen LogP contribution < -0.4 is 4.74 Å². The van der Waals surface area contributed by atoms with E-state index in [0.29, 0.717) is 30.2 Å². The number of oxime groups is 1. The van der Waals surface area contributed by atoms with Crippen LogP contribution in [0, 0.1) is 0 Å². The van der Waals surface area contributed by atoms with Gasteiger partial charge in [-0.3, -0.25) is 0 Å². The predicted octanol–water partition coefficient (Wildman–Crippen LogP) is 2.34. The van der Waals surface area contributed by atoms with E-state index in [4.69, 9.17) is 26.3 Å². The highest BCUT2D eigenvalue weighted by molar-refractivity contribution is 6.35. The highest BCUT2D eigenvalue weighted by atomic mass is 35.5. The maximum atomic E-state index is 10.6. The van der Waals surface area contributed by atoms with Gasteiger partial charge in [0, 0.05) is 11.4 Å². The molecule has 1 aliphatic heterocycles. The number of aliphatic carboxylic acids is 1. The van der Waals surface area contributed by atoms with Crippen LogP contribution in [0.25, 0.3) is 0 Å². The van der Waals surface area contributed by atoms with Gasteiger partial charge >= 0.3 is 5.97 Å². The van der Waals surface area contributed by atoms with Gasteiger partial charge in [-0.1, -0.05) is 22.8 Å². The van der Waals surface area contributed by atoms with Crippen molar-refractivity contribution < 1.29 is 19.5 Å². The minimum atomic E-state index is -1.04. The van der Waals surface area contributed by atoms with Gasteiger partial charge in [0.1, 0.15) is 12.4 Å². The maximum Gasteiger partial charge on any atom is 0.353 e. The highest BCUT2D eigenvalue weighted by Gasteiger charge is 2.22. The first-order valence-electron chi connectivity index (χ1n) is 5.49. The van der Waals surface area contributed by atoms with E-state index in [2.05, 4.69) is 5.16 Å². The molecule has 1 heterocycles. The van der Waals surface area contributed by atoms with E-state index in [1.807, 2.05) is 0 Å². The minimum absolute atomic E-state index is 0.0500. The minimum Gasteiger partial charge on any atom is -0.490 e. The SMILES string of the molecule is O=C(O)C1=NOC(COc2cccc(Cl)c2)CC1. The fourth-order valence-electron chi connectivity index (χ4n) is 1.54. The number of benzene rings is 1. The fourth-order valence-corrected chi connectivity index (χ4v) is 1.72. The van der Waals surface area contributed by atoms with Crippen LogP contribution in [0.1, 0.15) is 12.8 Å². The van der Waals surface area contributed by atoms with E-state index in [-0.39, 0.29) is 11.8 Å². The van der Waals surface area contributed by atoms with Gasteiger partial charge in [-0.05, 0) is 24.6 Å². The van der Waals surface area contributed by atoms with Crippen molar-refractivity contribution in [3.8, 4) is 5.75 Å². The number of halogens is 1. The van der Waals surface area contributed by atoms with Crippen LogP contribution in [0.5, 0.6) is 5.75 Å². The summed E-state index contributed by atoms with van der Waals surface area (Å²) in [6.07, 6.45) is 0.733. The first kappa shape index (κ1) is 12.7. The van der Waals surface area contributed by atoms with Crippen LogP contribution >= 0.6 is 11.6 Å². The molecule has 0 amide bonds. The average molecular weight is 270 g/mol. The van der Waals surface area contributed by atoms with E-state index in [1.54, 1.807) is 24.3 Å². The molecule has 0 aliphatic carbocycles. The summed E-state index contributed by atoms with van der Waals surface area (Å²) in [5.41, 5.74) is 0.0500. The Kier molecular flexibility index (Phi) is 4.04. The molecule has 0 aromatic heterocycles. The van der Waals surface area contributed by atoms with Gasteiger partial charge in [-0.15, -0.1) is 0 Å². The third kappa shape index (κ3) is 3.37. The van der Waals surface area contributed by atoms with Crippen molar-refractivity contribution >= 4 is 23.3 Å². The normalized spacial score (nSPS) is 18.7. The predicted molar refractivity (Wildman–Crippen MR) is 66.1 cm³/mol. The number of carboxylic acid groups (broad SMARTS) is 1. The molecule has 96 valence electrons. The maximum absolute atomic E-state index is 10.6. The van der Waals surface area contributed by atoms with Gasteiger partial charge in [0.15, 0.2) is 11.8 Å². The van der Waals surface area contributed by atoms with Crippen molar-refractivity contribution in [1.82, 2.24) is 0 Å². The first-order valence-corrected chi connectivity index (χ1v) is 5.87. The Morgan fingerprint density at radius 1 is 1.61 bits per heavy atom. The number of ether oxygens (including phenoxy) is 1. The van der Waals surface area contributed by atoms with Crippen molar-refractivity contribution in [2.75, 3.05) is 6.61 Å². The van der Waals surface area contributed by atoms with Crippen molar-refractivity contribution in [3.63, 3.8) is 0 Å². The second kappa shape index (κ2) is 5.73. The number of carboxylic acids is 1. The molecule has 2 rings (SSSR count).